The van der Waals surface area contributed by atoms with Gasteiger partial charge >= 0.3 is 18.2 Å². The van der Waals surface area contributed by atoms with Crippen LogP contribution in [0.5, 0.6) is 23.5 Å². The molecule has 0 atom stereocenters. The highest BCUT2D eigenvalue weighted by molar-refractivity contribution is 5.54. The van der Waals surface area contributed by atoms with Gasteiger partial charge in [-0.1, -0.05) is 55.5 Å². The number of rotatable bonds is 7. The Bertz CT molecular complexity index is 1090. The Hall–Kier alpha value is -4.55. The Morgan fingerprint density at radius 2 is 1.19 bits per heavy atom. The Morgan fingerprint density at radius 3 is 1.62 bits per heavy atom. The summed E-state index contributed by atoms with van der Waals surface area (Å²) < 4.78 is 11.6. The third-order valence-corrected chi connectivity index (χ3v) is 4.12. The number of aromatic nitrogens is 3. The minimum absolute atomic E-state index is 0.143. The van der Waals surface area contributed by atoms with Gasteiger partial charge in [0.2, 0.25) is 5.95 Å². The molecular formula is C24H20N4O4. The van der Waals surface area contributed by atoms with Crippen molar-refractivity contribution in [2.45, 2.75) is 13.3 Å². The van der Waals surface area contributed by atoms with E-state index in [0.29, 0.717) is 17.4 Å². The van der Waals surface area contributed by atoms with Crippen molar-refractivity contribution in [3.63, 3.8) is 0 Å². The fraction of sp³-hybridized carbons (Fsp3) is 0.0833. The third-order valence-electron chi connectivity index (χ3n) is 4.12. The highest BCUT2D eigenvalue weighted by Crippen LogP contribution is 2.25. The number of carbonyl (C=O) groups excluding carboxylic acids is 2. The molecule has 8 nitrogen and oxygen atoms in total. The van der Waals surface area contributed by atoms with Crippen LogP contribution in [-0.2, 0) is 16.0 Å². The van der Waals surface area contributed by atoms with Crippen LogP contribution in [0.2, 0.25) is 0 Å². The second kappa shape index (κ2) is 11.6. The fourth-order valence-electron chi connectivity index (χ4n) is 2.63. The van der Waals surface area contributed by atoms with Gasteiger partial charge in [-0.2, -0.15) is 19.6 Å². The molecule has 0 unspecified atom stereocenters. The maximum absolute atomic E-state index is 8.12. The summed E-state index contributed by atoms with van der Waals surface area (Å²) in [7, 11) is 0. The monoisotopic (exact) mass is 428 g/mol. The normalized spacial score (nSPS) is 9.66. The summed E-state index contributed by atoms with van der Waals surface area (Å²) in [4.78, 5) is 29.3. The summed E-state index contributed by atoms with van der Waals surface area (Å²) in [6.07, 6.45) is 1.23. The van der Waals surface area contributed by atoms with Gasteiger partial charge in [0.15, 0.2) is 0 Å². The average molecular weight is 428 g/mol. The minimum Gasteiger partial charge on any atom is -0.424 e. The molecule has 0 radical (unpaired) electrons. The standard InChI is InChI=1S/C23H20N4O2.CO2/c1-2-17-13-15-18(16-14-17)24-21-25-22(28-19-9-5-3-6-10-19)27-23(26-21)29-20-11-7-4-8-12-20;2-1-3/h3-16H,2H2,1H3,(H,24,25,26,27);. The Kier molecular flexibility index (Phi) is 8.02. The van der Waals surface area contributed by atoms with Gasteiger partial charge in [0.1, 0.15) is 11.5 Å². The number of nitrogens with zero attached hydrogens (tertiary/aromatic N) is 3. The van der Waals surface area contributed by atoms with Crippen LogP contribution in [0, 0.1) is 0 Å². The van der Waals surface area contributed by atoms with E-state index in [1.807, 2.05) is 72.8 Å². The second-order valence-electron chi connectivity index (χ2n) is 6.31. The van der Waals surface area contributed by atoms with Crippen LogP contribution in [-0.4, -0.2) is 21.1 Å². The molecule has 0 bridgehead atoms. The van der Waals surface area contributed by atoms with E-state index in [4.69, 9.17) is 19.1 Å². The van der Waals surface area contributed by atoms with Gasteiger partial charge in [0.25, 0.3) is 0 Å². The first-order chi connectivity index (χ1) is 15.7. The van der Waals surface area contributed by atoms with Crippen molar-refractivity contribution in [2.24, 2.45) is 0 Å². The first-order valence-electron chi connectivity index (χ1n) is 9.77. The van der Waals surface area contributed by atoms with Crippen molar-refractivity contribution >= 4 is 17.8 Å². The van der Waals surface area contributed by atoms with Gasteiger partial charge in [-0.3, -0.25) is 0 Å². The Labute approximate surface area is 184 Å². The van der Waals surface area contributed by atoms with Gasteiger partial charge in [0.05, 0.1) is 0 Å². The molecule has 0 saturated carbocycles. The lowest BCUT2D eigenvalue weighted by atomic mass is 10.1. The number of benzene rings is 3. The summed E-state index contributed by atoms with van der Waals surface area (Å²) in [6, 6.07) is 27.1. The molecule has 0 aliphatic carbocycles. The lowest BCUT2D eigenvalue weighted by Gasteiger charge is -2.10. The molecule has 0 saturated heterocycles. The van der Waals surface area contributed by atoms with E-state index < -0.39 is 0 Å². The molecule has 0 fully saturated rings. The van der Waals surface area contributed by atoms with E-state index in [0.717, 1.165) is 12.1 Å². The van der Waals surface area contributed by atoms with E-state index in [1.54, 1.807) is 0 Å². The van der Waals surface area contributed by atoms with Crippen molar-refractivity contribution in [3.05, 3.63) is 90.5 Å². The molecule has 8 heteroatoms. The molecule has 32 heavy (non-hydrogen) atoms. The van der Waals surface area contributed by atoms with Crippen LogP contribution in [0.15, 0.2) is 84.9 Å². The predicted molar refractivity (Wildman–Crippen MR) is 117 cm³/mol. The third kappa shape index (κ3) is 6.76. The van der Waals surface area contributed by atoms with E-state index in [1.165, 1.54) is 5.56 Å². The van der Waals surface area contributed by atoms with Crippen molar-refractivity contribution in [1.82, 2.24) is 15.0 Å². The summed E-state index contributed by atoms with van der Waals surface area (Å²) in [6.45, 7) is 2.12. The highest BCUT2D eigenvalue weighted by Gasteiger charge is 2.11. The molecule has 0 aliphatic heterocycles. The summed E-state index contributed by atoms with van der Waals surface area (Å²) in [5.74, 6) is 1.59. The summed E-state index contributed by atoms with van der Waals surface area (Å²) in [5, 5.41) is 3.19. The van der Waals surface area contributed by atoms with Crippen LogP contribution in [0.4, 0.5) is 11.6 Å². The molecule has 0 amide bonds. The van der Waals surface area contributed by atoms with Crippen molar-refractivity contribution in [2.75, 3.05) is 5.32 Å². The molecule has 1 heterocycles. The first kappa shape index (κ1) is 22.1. The number of hydrogen-bond donors (Lipinski definition) is 1. The number of anilines is 2. The van der Waals surface area contributed by atoms with Gasteiger partial charge in [-0.15, -0.1) is 4.98 Å². The Balaban J connectivity index is 0.000000913. The summed E-state index contributed by atoms with van der Waals surface area (Å²) in [5.41, 5.74) is 2.12. The quantitative estimate of drug-likeness (QED) is 0.429. The van der Waals surface area contributed by atoms with Crippen molar-refractivity contribution in [3.8, 4) is 23.5 Å². The number of para-hydroxylation sites is 2. The van der Waals surface area contributed by atoms with E-state index in [-0.39, 0.29) is 18.2 Å². The van der Waals surface area contributed by atoms with Gasteiger partial charge < -0.3 is 14.8 Å². The van der Waals surface area contributed by atoms with Gasteiger partial charge in [-0.05, 0) is 48.4 Å². The SMILES string of the molecule is CCc1ccc(Nc2nc(Oc3ccccc3)nc(Oc3ccccc3)n2)cc1.O=C=O. The van der Waals surface area contributed by atoms with Crippen molar-refractivity contribution in [1.29, 1.82) is 0 Å². The minimum atomic E-state index is 0.143. The predicted octanol–water partition coefficient (Wildman–Crippen LogP) is 5.18. The maximum atomic E-state index is 8.12. The molecule has 1 N–H and O–H groups in total. The number of ether oxygens (including phenoxy) is 2. The number of aryl methyl sites for hydroxylation is 1. The highest BCUT2D eigenvalue weighted by atomic mass is 16.5. The van der Waals surface area contributed by atoms with Crippen LogP contribution in [0.1, 0.15) is 12.5 Å². The second-order valence-corrected chi connectivity index (χ2v) is 6.31. The molecule has 1 aromatic heterocycles. The fourth-order valence-corrected chi connectivity index (χ4v) is 2.63. The van der Waals surface area contributed by atoms with E-state index in [9.17, 15) is 0 Å². The first-order valence-corrected chi connectivity index (χ1v) is 9.77. The lowest BCUT2D eigenvalue weighted by Crippen LogP contribution is -2.03. The average Bonchev–Trinajstić information content (AvgIpc) is 2.81. The van der Waals surface area contributed by atoms with Crippen LogP contribution in [0.3, 0.4) is 0 Å². The smallest absolute Gasteiger partial charge is 0.373 e. The Morgan fingerprint density at radius 1 is 0.719 bits per heavy atom. The van der Waals surface area contributed by atoms with E-state index >= 15 is 0 Å². The largest absolute Gasteiger partial charge is 0.424 e. The molecule has 4 aromatic rings. The van der Waals surface area contributed by atoms with Crippen LogP contribution >= 0.6 is 0 Å². The molecular weight excluding hydrogens is 408 g/mol. The molecule has 4 rings (SSSR count). The summed E-state index contributed by atoms with van der Waals surface area (Å²) >= 11 is 0. The zero-order chi connectivity index (χ0) is 22.6. The van der Waals surface area contributed by atoms with Crippen LogP contribution < -0.4 is 14.8 Å². The lowest BCUT2D eigenvalue weighted by molar-refractivity contribution is -0.191. The maximum Gasteiger partial charge on any atom is 0.373 e. The van der Waals surface area contributed by atoms with E-state index in [2.05, 4.69) is 39.3 Å². The molecule has 160 valence electrons. The number of hydrogen-bond acceptors (Lipinski definition) is 8. The zero-order valence-electron chi connectivity index (χ0n) is 17.3. The topological polar surface area (TPSA) is 103 Å². The van der Waals surface area contributed by atoms with Crippen LogP contribution in [0.25, 0.3) is 0 Å². The van der Waals surface area contributed by atoms with Gasteiger partial charge in [0, 0.05) is 5.69 Å². The zero-order valence-corrected chi connectivity index (χ0v) is 17.3. The molecule has 0 aliphatic rings. The van der Waals surface area contributed by atoms with Crippen molar-refractivity contribution < 1.29 is 19.1 Å². The molecule has 3 aromatic carbocycles. The number of nitrogens with one attached hydrogen (secondary N) is 1. The molecule has 0 spiro atoms. The van der Waals surface area contributed by atoms with Gasteiger partial charge in [-0.25, -0.2) is 0 Å².